The van der Waals surface area contributed by atoms with Crippen molar-refractivity contribution in [2.45, 2.75) is 19.9 Å². The molecule has 1 aliphatic heterocycles. The molecule has 0 bridgehead atoms. The molecule has 1 aliphatic rings. The standard InChI is InChI=1S/C19H24N2/c1-15-8-9-18(14-16(15)2)19(17-6-4-3-5-7-17)21-12-10-20-11-13-21/h3-9,14,19-20H,10-13H2,1-2H3/t19-/m0/s1. The predicted octanol–water partition coefficient (Wildman–Crippen LogP) is 3.30. The molecule has 2 nitrogen and oxygen atoms in total. The highest BCUT2D eigenvalue weighted by atomic mass is 15.2. The Morgan fingerprint density at radius 2 is 1.57 bits per heavy atom. The van der Waals surface area contributed by atoms with E-state index < -0.39 is 0 Å². The van der Waals surface area contributed by atoms with Gasteiger partial charge >= 0.3 is 0 Å². The first kappa shape index (κ1) is 14.3. The zero-order valence-electron chi connectivity index (χ0n) is 13.0. The van der Waals surface area contributed by atoms with Crippen LogP contribution in [0.25, 0.3) is 0 Å². The Kier molecular flexibility index (Phi) is 4.37. The lowest BCUT2D eigenvalue weighted by Gasteiger charge is -2.35. The maximum Gasteiger partial charge on any atom is 0.0602 e. The molecule has 3 rings (SSSR count). The summed E-state index contributed by atoms with van der Waals surface area (Å²) in [5.41, 5.74) is 5.54. The van der Waals surface area contributed by atoms with Gasteiger partial charge in [-0.3, -0.25) is 4.90 Å². The number of piperazine rings is 1. The molecular weight excluding hydrogens is 256 g/mol. The second-order valence-electron chi connectivity index (χ2n) is 5.94. The van der Waals surface area contributed by atoms with Crippen molar-refractivity contribution < 1.29 is 0 Å². The van der Waals surface area contributed by atoms with Crippen molar-refractivity contribution in [1.82, 2.24) is 10.2 Å². The Morgan fingerprint density at radius 1 is 0.857 bits per heavy atom. The van der Waals surface area contributed by atoms with Gasteiger partial charge in [-0.25, -0.2) is 0 Å². The van der Waals surface area contributed by atoms with Gasteiger partial charge in [-0.2, -0.15) is 0 Å². The third-order valence-corrected chi connectivity index (χ3v) is 4.48. The lowest BCUT2D eigenvalue weighted by molar-refractivity contribution is 0.198. The summed E-state index contributed by atoms with van der Waals surface area (Å²) in [6.07, 6.45) is 0. The van der Waals surface area contributed by atoms with Crippen molar-refractivity contribution in [3.8, 4) is 0 Å². The van der Waals surface area contributed by atoms with Crippen LogP contribution in [-0.4, -0.2) is 31.1 Å². The van der Waals surface area contributed by atoms with Gasteiger partial charge in [0.05, 0.1) is 6.04 Å². The van der Waals surface area contributed by atoms with Gasteiger partial charge in [-0.1, -0.05) is 48.5 Å². The maximum atomic E-state index is 3.45. The largest absolute Gasteiger partial charge is 0.314 e. The lowest BCUT2D eigenvalue weighted by atomic mass is 9.94. The van der Waals surface area contributed by atoms with Crippen LogP contribution in [-0.2, 0) is 0 Å². The van der Waals surface area contributed by atoms with Crippen LogP contribution in [0.5, 0.6) is 0 Å². The molecule has 1 N–H and O–H groups in total. The third-order valence-electron chi connectivity index (χ3n) is 4.48. The van der Waals surface area contributed by atoms with Gasteiger partial charge < -0.3 is 5.32 Å². The molecule has 21 heavy (non-hydrogen) atoms. The monoisotopic (exact) mass is 280 g/mol. The van der Waals surface area contributed by atoms with Crippen LogP contribution in [0, 0.1) is 13.8 Å². The van der Waals surface area contributed by atoms with Crippen LogP contribution in [0.4, 0.5) is 0 Å². The summed E-state index contributed by atoms with van der Waals surface area (Å²) in [7, 11) is 0. The Labute approximate surface area is 127 Å². The van der Waals surface area contributed by atoms with Crippen molar-refractivity contribution in [1.29, 1.82) is 0 Å². The average molecular weight is 280 g/mol. The molecule has 0 radical (unpaired) electrons. The minimum Gasteiger partial charge on any atom is -0.314 e. The van der Waals surface area contributed by atoms with E-state index in [0.29, 0.717) is 6.04 Å². The molecule has 110 valence electrons. The van der Waals surface area contributed by atoms with E-state index in [2.05, 4.69) is 72.6 Å². The lowest BCUT2D eigenvalue weighted by Crippen LogP contribution is -2.45. The SMILES string of the molecule is Cc1ccc([C@H](c2ccccc2)N2CCNCC2)cc1C. The molecule has 1 saturated heterocycles. The van der Waals surface area contributed by atoms with Crippen molar-refractivity contribution in [2.75, 3.05) is 26.2 Å². The fourth-order valence-electron chi connectivity index (χ4n) is 3.12. The molecule has 2 aromatic carbocycles. The summed E-state index contributed by atoms with van der Waals surface area (Å²) in [5.74, 6) is 0. The van der Waals surface area contributed by atoms with E-state index in [-0.39, 0.29) is 0 Å². The van der Waals surface area contributed by atoms with Crippen molar-refractivity contribution in [2.24, 2.45) is 0 Å². The Morgan fingerprint density at radius 3 is 2.24 bits per heavy atom. The Balaban J connectivity index is 2.00. The normalized spacial score (nSPS) is 17.6. The molecule has 0 saturated carbocycles. The molecule has 0 amide bonds. The quantitative estimate of drug-likeness (QED) is 0.928. The van der Waals surface area contributed by atoms with Gasteiger partial charge in [0, 0.05) is 26.2 Å². The second-order valence-corrected chi connectivity index (χ2v) is 5.94. The number of nitrogens with zero attached hydrogens (tertiary/aromatic N) is 1. The Bertz CT molecular complexity index is 586. The summed E-state index contributed by atoms with van der Waals surface area (Å²) < 4.78 is 0. The number of aryl methyl sites for hydroxylation is 2. The van der Waals surface area contributed by atoms with E-state index in [1.54, 1.807) is 0 Å². The van der Waals surface area contributed by atoms with Crippen LogP contribution in [0.15, 0.2) is 48.5 Å². The molecular formula is C19H24N2. The van der Waals surface area contributed by atoms with E-state index in [9.17, 15) is 0 Å². The van der Waals surface area contributed by atoms with Gasteiger partial charge in [-0.15, -0.1) is 0 Å². The average Bonchev–Trinajstić information content (AvgIpc) is 2.53. The van der Waals surface area contributed by atoms with Gasteiger partial charge in [0.25, 0.3) is 0 Å². The molecule has 0 unspecified atom stereocenters. The Hall–Kier alpha value is -1.64. The zero-order chi connectivity index (χ0) is 14.7. The summed E-state index contributed by atoms with van der Waals surface area (Å²) in [6, 6.07) is 18.2. The smallest absolute Gasteiger partial charge is 0.0602 e. The topological polar surface area (TPSA) is 15.3 Å². The number of hydrogen-bond donors (Lipinski definition) is 1. The summed E-state index contributed by atoms with van der Waals surface area (Å²) in [4.78, 5) is 2.59. The minimum absolute atomic E-state index is 0.368. The molecule has 1 fully saturated rings. The highest BCUT2D eigenvalue weighted by Crippen LogP contribution is 2.30. The fourth-order valence-corrected chi connectivity index (χ4v) is 3.12. The zero-order valence-corrected chi connectivity index (χ0v) is 13.0. The van der Waals surface area contributed by atoms with Crippen LogP contribution in [0.2, 0.25) is 0 Å². The molecule has 0 spiro atoms. The van der Waals surface area contributed by atoms with Gasteiger partial charge in [-0.05, 0) is 36.1 Å². The van der Waals surface area contributed by atoms with Crippen LogP contribution < -0.4 is 5.32 Å². The van der Waals surface area contributed by atoms with Crippen molar-refractivity contribution in [3.63, 3.8) is 0 Å². The van der Waals surface area contributed by atoms with Crippen molar-refractivity contribution >= 4 is 0 Å². The van der Waals surface area contributed by atoms with E-state index in [1.165, 1.54) is 22.3 Å². The molecule has 2 aromatic rings. The molecule has 0 aromatic heterocycles. The molecule has 1 atom stereocenters. The predicted molar refractivity (Wildman–Crippen MR) is 88.6 cm³/mol. The van der Waals surface area contributed by atoms with Gasteiger partial charge in [0.15, 0.2) is 0 Å². The van der Waals surface area contributed by atoms with Gasteiger partial charge in [0.1, 0.15) is 0 Å². The van der Waals surface area contributed by atoms with E-state index in [0.717, 1.165) is 26.2 Å². The highest BCUT2D eigenvalue weighted by Gasteiger charge is 2.23. The summed E-state index contributed by atoms with van der Waals surface area (Å²) >= 11 is 0. The second kappa shape index (κ2) is 6.42. The number of nitrogens with one attached hydrogen (secondary N) is 1. The number of benzene rings is 2. The van der Waals surface area contributed by atoms with E-state index in [4.69, 9.17) is 0 Å². The minimum atomic E-state index is 0.368. The van der Waals surface area contributed by atoms with E-state index in [1.807, 2.05) is 0 Å². The molecule has 1 heterocycles. The molecule has 2 heteroatoms. The number of hydrogen-bond acceptors (Lipinski definition) is 2. The van der Waals surface area contributed by atoms with Crippen molar-refractivity contribution in [3.05, 3.63) is 70.8 Å². The maximum absolute atomic E-state index is 3.45. The van der Waals surface area contributed by atoms with Crippen LogP contribution in [0.1, 0.15) is 28.3 Å². The van der Waals surface area contributed by atoms with Gasteiger partial charge in [0.2, 0.25) is 0 Å². The fraction of sp³-hybridized carbons (Fsp3) is 0.368. The summed E-state index contributed by atoms with van der Waals surface area (Å²) in [5, 5.41) is 3.45. The first-order valence-electron chi connectivity index (χ1n) is 7.82. The molecule has 0 aliphatic carbocycles. The van der Waals surface area contributed by atoms with Crippen LogP contribution >= 0.6 is 0 Å². The highest BCUT2D eigenvalue weighted by molar-refractivity contribution is 5.37. The van der Waals surface area contributed by atoms with Crippen LogP contribution in [0.3, 0.4) is 0 Å². The first-order valence-corrected chi connectivity index (χ1v) is 7.82. The number of rotatable bonds is 3. The third kappa shape index (κ3) is 3.17. The van der Waals surface area contributed by atoms with E-state index >= 15 is 0 Å². The summed E-state index contributed by atoms with van der Waals surface area (Å²) in [6.45, 7) is 8.75. The first-order chi connectivity index (χ1) is 10.3.